The first-order chi connectivity index (χ1) is 13.6. The van der Waals surface area contributed by atoms with Crippen molar-refractivity contribution in [1.29, 1.82) is 0 Å². The summed E-state index contributed by atoms with van der Waals surface area (Å²) in [5.74, 6) is 0.843. The molecule has 1 aliphatic heterocycles. The fourth-order valence-corrected chi connectivity index (χ4v) is 4.09. The summed E-state index contributed by atoms with van der Waals surface area (Å²) in [6, 6.07) is 15.1. The fraction of sp³-hybridized carbons (Fsp3) is 0.409. The number of pyridine rings is 1. The van der Waals surface area contributed by atoms with Crippen molar-refractivity contribution in [2.75, 3.05) is 26.7 Å². The summed E-state index contributed by atoms with van der Waals surface area (Å²) in [5.41, 5.74) is 0.840. The highest BCUT2D eigenvalue weighted by Gasteiger charge is 2.61. The lowest BCUT2D eigenvalue weighted by molar-refractivity contribution is -0.134. The SMILES string of the molecule is CN(Cc1ccccn1)C(=O)C1CC12CCN(C(=O)COc1ccccc1)C2. The number of carbonyl (C=O) groups excluding carboxylic acids is 2. The average Bonchev–Trinajstić information content (AvgIpc) is 3.26. The lowest BCUT2D eigenvalue weighted by Gasteiger charge is -2.19. The van der Waals surface area contributed by atoms with Crippen molar-refractivity contribution >= 4 is 11.8 Å². The minimum absolute atomic E-state index is 0.00838. The number of likely N-dealkylation sites (tertiary alicyclic amines) is 1. The molecular formula is C22H25N3O3. The number of carbonyl (C=O) groups is 2. The third kappa shape index (κ3) is 3.86. The van der Waals surface area contributed by atoms with E-state index in [0.717, 1.165) is 18.5 Å². The van der Waals surface area contributed by atoms with E-state index in [-0.39, 0.29) is 29.8 Å². The molecule has 0 bridgehead atoms. The van der Waals surface area contributed by atoms with E-state index in [2.05, 4.69) is 4.98 Å². The highest BCUT2D eigenvalue weighted by Crippen LogP contribution is 2.59. The molecule has 2 unspecified atom stereocenters. The van der Waals surface area contributed by atoms with Gasteiger partial charge in [-0.1, -0.05) is 24.3 Å². The van der Waals surface area contributed by atoms with E-state index in [1.54, 1.807) is 11.1 Å². The maximum absolute atomic E-state index is 12.8. The first-order valence-corrected chi connectivity index (χ1v) is 9.68. The number of aromatic nitrogens is 1. The molecule has 2 amide bonds. The predicted octanol–water partition coefficient (Wildman–Crippen LogP) is 2.36. The number of hydrogen-bond donors (Lipinski definition) is 0. The molecule has 1 aromatic heterocycles. The monoisotopic (exact) mass is 379 g/mol. The van der Waals surface area contributed by atoms with Gasteiger partial charge in [-0.15, -0.1) is 0 Å². The molecule has 6 heteroatoms. The third-order valence-electron chi connectivity index (χ3n) is 5.83. The van der Waals surface area contributed by atoms with Gasteiger partial charge in [-0.05, 0) is 37.1 Å². The molecule has 2 atom stereocenters. The molecule has 28 heavy (non-hydrogen) atoms. The van der Waals surface area contributed by atoms with E-state index < -0.39 is 0 Å². The molecule has 146 valence electrons. The number of nitrogens with zero attached hydrogens (tertiary/aromatic N) is 3. The van der Waals surface area contributed by atoms with Crippen LogP contribution in [0.25, 0.3) is 0 Å². The van der Waals surface area contributed by atoms with Gasteiger partial charge in [0, 0.05) is 37.7 Å². The Morgan fingerprint density at radius 1 is 1.21 bits per heavy atom. The van der Waals surface area contributed by atoms with Gasteiger partial charge in [-0.2, -0.15) is 0 Å². The van der Waals surface area contributed by atoms with Crippen LogP contribution >= 0.6 is 0 Å². The van der Waals surface area contributed by atoms with Crippen LogP contribution in [-0.2, 0) is 16.1 Å². The summed E-state index contributed by atoms with van der Waals surface area (Å²) >= 11 is 0. The number of ether oxygens (including phenoxy) is 1. The summed E-state index contributed by atoms with van der Waals surface area (Å²) in [5, 5.41) is 0. The Hall–Kier alpha value is -2.89. The number of amides is 2. The molecule has 1 aromatic carbocycles. The summed E-state index contributed by atoms with van der Waals surface area (Å²) in [7, 11) is 1.83. The maximum Gasteiger partial charge on any atom is 0.260 e. The fourth-order valence-electron chi connectivity index (χ4n) is 4.09. The van der Waals surface area contributed by atoms with Crippen molar-refractivity contribution in [3.63, 3.8) is 0 Å². The van der Waals surface area contributed by atoms with E-state index >= 15 is 0 Å². The van der Waals surface area contributed by atoms with Gasteiger partial charge >= 0.3 is 0 Å². The van der Waals surface area contributed by atoms with E-state index in [0.29, 0.717) is 25.4 Å². The van der Waals surface area contributed by atoms with Gasteiger partial charge < -0.3 is 14.5 Å². The zero-order chi connectivity index (χ0) is 19.6. The summed E-state index contributed by atoms with van der Waals surface area (Å²) in [4.78, 5) is 33.2. The number of hydrogen-bond acceptors (Lipinski definition) is 4. The topological polar surface area (TPSA) is 62.7 Å². The molecule has 1 saturated carbocycles. The van der Waals surface area contributed by atoms with Crippen LogP contribution in [0, 0.1) is 11.3 Å². The Morgan fingerprint density at radius 2 is 2.00 bits per heavy atom. The Bertz CT molecular complexity index is 843. The molecule has 2 aliphatic rings. The number of rotatable bonds is 6. The normalized spacial score (nSPS) is 22.9. The molecule has 1 spiro atoms. The molecule has 4 rings (SSSR count). The second-order valence-electron chi connectivity index (χ2n) is 7.80. The van der Waals surface area contributed by atoms with Gasteiger partial charge in [-0.3, -0.25) is 14.6 Å². The molecule has 2 heterocycles. The van der Waals surface area contributed by atoms with Crippen LogP contribution in [0.5, 0.6) is 5.75 Å². The van der Waals surface area contributed by atoms with Gasteiger partial charge in [-0.25, -0.2) is 0 Å². The molecule has 1 aliphatic carbocycles. The van der Waals surface area contributed by atoms with Crippen LogP contribution in [0.4, 0.5) is 0 Å². The Labute approximate surface area is 165 Å². The van der Waals surface area contributed by atoms with Crippen molar-refractivity contribution in [3.8, 4) is 5.75 Å². The van der Waals surface area contributed by atoms with Crippen molar-refractivity contribution in [2.24, 2.45) is 11.3 Å². The second-order valence-corrected chi connectivity index (χ2v) is 7.80. The molecular weight excluding hydrogens is 354 g/mol. The quantitative estimate of drug-likeness (QED) is 0.773. The maximum atomic E-state index is 12.8. The summed E-state index contributed by atoms with van der Waals surface area (Å²) in [6.45, 7) is 1.90. The summed E-state index contributed by atoms with van der Waals surface area (Å²) in [6.07, 6.45) is 3.49. The smallest absolute Gasteiger partial charge is 0.260 e. The highest BCUT2D eigenvalue weighted by molar-refractivity contribution is 5.83. The minimum Gasteiger partial charge on any atom is -0.484 e. The van der Waals surface area contributed by atoms with Gasteiger partial charge in [0.2, 0.25) is 5.91 Å². The standard InChI is InChI=1S/C22H25N3O3/c1-24(14-17-7-5-6-11-23-17)21(27)19-13-22(19)10-12-25(16-22)20(26)15-28-18-8-3-2-4-9-18/h2-9,11,19H,10,12-16H2,1H3. The number of para-hydroxylation sites is 1. The highest BCUT2D eigenvalue weighted by atomic mass is 16.5. The van der Waals surface area contributed by atoms with Crippen molar-refractivity contribution in [1.82, 2.24) is 14.8 Å². The van der Waals surface area contributed by atoms with Crippen LogP contribution in [0.2, 0.25) is 0 Å². The third-order valence-corrected chi connectivity index (χ3v) is 5.83. The van der Waals surface area contributed by atoms with Crippen LogP contribution in [0.3, 0.4) is 0 Å². The molecule has 0 radical (unpaired) electrons. The van der Waals surface area contributed by atoms with E-state index in [1.165, 1.54) is 0 Å². The largest absolute Gasteiger partial charge is 0.484 e. The van der Waals surface area contributed by atoms with Crippen molar-refractivity contribution < 1.29 is 14.3 Å². The zero-order valence-corrected chi connectivity index (χ0v) is 16.1. The molecule has 0 N–H and O–H groups in total. The van der Waals surface area contributed by atoms with E-state index in [9.17, 15) is 9.59 Å². The average molecular weight is 379 g/mol. The van der Waals surface area contributed by atoms with Crippen LogP contribution in [0.15, 0.2) is 54.7 Å². The summed E-state index contributed by atoms with van der Waals surface area (Å²) < 4.78 is 5.57. The molecule has 2 aromatic rings. The van der Waals surface area contributed by atoms with E-state index in [1.807, 2.05) is 60.5 Å². The Kier molecular flexibility index (Phi) is 5.03. The molecule has 6 nitrogen and oxygen atoms in total. The Morgan fingerprint density at radius 3 is 2.75 bits per heavy atom. The minimum atomic E-state index is -0.0438. The second kappa shape index (κ2) is 7.62. The van der Waals surface area contributed by atoms with Crippen molar-refractivity contribution in [3.05, 3.63) is 60.4 Å². The first-order valence-electron chi connectivity index (χ1n) is 9.68. The lowest BCUT2D eigenvalue weighted by atomic mass is 10.0. The van der Waals surface area contributed by atoms with Crippen LogP contribution in [0.1, 0.15) is 18.5 Å². The Balaban J connectivity index is 1.28. The van der Waals surface area contributed by atoms with Crippen LogP contribution in [-0.4, -0.2) is 53.3 Å². The number of benzene rings is 1. The van der Waals surface area contributed by atoms with Crippen molar-refractivity contribution in [2.45, 2.75) is 19.4 Å². The zero-order valence-electron chi connectivity index (χ0n) is 16.1. The van der Waals surface area contributed by atoms with Gasteiger partial charge in [0.05, 0.1) is 12.2 Å². The molecule has 1 saturated heterocycles. The first kappa shape index (κ1) is 18.5. The van der Waals surface area contributed by atoms with Gasteiger partial charge in [0.15, 0.2) is 6.61 Å². The van der Waals surface area contributed by atoms with Crippen LogP contribution < -0.4 is 4.74 Å². The predicted molar refractivity (Wildman–Crippen MR) is 104 cm³/mol. The van der Waals surface area contributed by atoms with Gasteiger partial charge in [0.25, 0.3) is 5.91 Å². The lowest BCUT2D eigenvalue weighted by Crippen LogP contribution is -2.34. The molecule has 2 fully saturated rings. The van der Waals surface area contributed by atoms with Gasteiger partial charge in [0.1, 0.15) is 5.75 Å². The van der Waals surface area contributed by atoms with E-state index in [4.69, 9.17) is 4.74 Å².